The summed E-state index contributed by atoms with van der Waals surface area (Å²) in [4.78, 5) is 30.8. The number of rotatable bonds is 9. The maximum Gasteiger partial charge on any atom is 0.323 e. The molecule has 1 aliphatic rings. The third kappa shape index (κ3) is 6.73. The molecule has 0 unspecified atom stereocenters. The summed E-state index contributed by atoms with van der Waals surface area (Å²) >= 11 is 0. The smallest absolute Gasteiger partial charge is 0.323 e. The molecule has 0 radical (unpaired) electrons. The molecule has 3 aromatic rings. The average Bonchev–Trinajstić information content (AvgIpc) is 3.42. The first-order valence-electron chi connectivity index (χ1n) is 13.3. The Morgan fingerprint density at radius 2 is 1.73 bits per heavy atom. The highest BCUT2D eigenvalue weighted by atomic mass is 16.3. The number of para-hydroxylation sites is 1. The molecular formula is C30H38N4O3. The second-order valence-electron chi connectivity index (χ2n) is 9.79. The fourth-order valence-electron chi connectivity index (χ4n) is 4.84. The number of benzene rings is 2. The van der Waals surface area contributed by atoms with Crippen molar-refractivity contribution in [2.24, 2.45) is 0 Å². The van der Waals surface area contributed by atoms with E-state index in [0.29, 0.717) is 17.8 Å². The third-order valence-corrected chi connectivity index (χ3v) is 6.90. The van der Waals surface area contributed by atoms with E-state index < -0.39 is 0 Å². The van der Waals surface area contributed by atoms with E-state index in [1.54, 1.807) is 6.26 Å². The van der Waals surface area contributed by atoms with Crippen molar-refractivity contribution in [2.45, 2.75) is 59.4 Å². The predicted octanol–water partition coefficient (Wildman–Crippen LogP) is 6.97. The molecule has 196 valence electrons. The van der Waals surface area contributed by atoms with Gasteiger partial charge in [0.1, 0.15) is 5.76 Å². The third-order valence-electron chi connectivity index (χ3n) is 6.90. The molecule has 2 heterocycles. The van der Waals surface area contributed by atoms with Crippen molar-refractivity contribution in [3.63, 3.8) is 0 Å². The molecule has 0 aliphatic carbocycles. The van der Waals surface area contributed by atoms with Gasteiger partial charge in [-0.05, 0) is 81.0 Å². The Bertz CT molecular complexity index is 1180. The maximum absolute atomic E-state index is 13.8. The number of anilines is 3. The number of hydrogen-bond donors (Lipinski definition) is 2. The van der Waals surface area contributed by atoms with Gasteiger partial charge >= 0.3 is 6.03 Å². The lowest BCUT2D eigenvalue weighted by atomic mass is 10.1. The van der Waals surface area contributed by atoms with Crippen LogP contribution in [0.2, 0.25) is 0 Å². The van der Waals surface area contributed by atoms with Crippen LogP contribution in [0.3, 0.4) is 0 Å². The molecule has 2 aromatic carbocycles. The summed E-state index contributed by atoms with van der Waals surface area (Å²) in [5.74, 6) is 0.858. The zero-order valence-corrected chi connectivity index (χ0v) is 22.2. The molecule has 1 fully saturated rings. The molecule has 0 spiro atoms. The largest absolute Gasteiger partial charge is 0.467 e. The van der Waals surface area contributed by atoms with E-state index in [4.69, 9.17) is 4.42 Å². The lowest BCUT2D eigenvalue weighted by molar-refractivity contribution is 0.0725. The van der Waals surface area contributed by atoms with Gasteiger partial charge in [-0.1, -0.05) is 31.5 Å². The molecule has 1 saturated heterocycles. The van der Waals surface area contributed by atoms with Crippen molar-refractivity contribution in [3.05, 3.63) is 77.2 Å². The molecule has 0 saturated carbocycles. The molecule has 2 N–H and O–H groups in total. The van der Waals surface area contributed by atoms with Gasteiger partial charge in [-0.3, -0.25) is 4.79 Å². The number of likely N-dealkylation sites (tertiary alicyclic amines) is 1. The van der Waals surface area contributed by atoms with Crippen molar-refractivity contribution in [1.29, 1.82) is 0 Å². The molecule has 4 rings (SSSR count). The van der Waals surface area contributed by atoms with Crippen LogP contribution < -0.4 is 15.5 Å². The number of unbranched alkanes of at least 4 members (excludes halogenated alkanes) is 1. The van der Waals surface area contributed by atoms with E-state index in [2.05, 4.69) is 22.5 Å². The highest BCUT2D eigenvalue weighted by Gasteiger charge is 2.24. The van der Waals surface area contributed by atoms with Crippen LogP contribution in [0.15, 0.2) is 59.2 Å². The lowest BCUT2D eigenvalue weighted by Gasteiger charge is -2.31. The molecule has 37 heavy (non-hydrogen) atoms. The number of urea groups is 1. The first-order chi connectivity index (χ1) is 18.0. The van der Waals surface area contributed by atoms with Crippen LogP contribution in [0, 0.1) is 13.8 Å². The Kier molecular flexibility index (Phi) is 8.88. The van der Waals surface area contributed by atoms with Crippen LogP contribution in [0.1, 0.15) is 66.3 Å². The zero-order chi connectivity index (χ0) is 26.2. The van der Waals surface area contributed by atoms with E-state index in [0.717, 1.165) is 80.0 Å². The van der Waals surface area contributed by atoms with Crippen molar-refractivity contribution >= 4 is 29.0 Å². The minimum Gasteiger partial charge on any atom is -0.467 e. The Morgan fingerprint density at radius 1 is 0.973 bits per heavy atom. The normalized spacial score (nSPS) is 13.3. The second kappa shape index (κ2) is 12.5. The molecule has 1 aliphatic heterocycles. The van der Waals surface area contributed by atoms with E-state index >= 15 is 0 Å². The number of amides is 3. The molecule has 7 heteroatoms. The predicted molar refractivity (Wildman–Crippen MR) is 149 cm³/mol. The summed E-state index contributed by atoms with van der Waals surface area (Å²) in [5.41, 5.74) is 4.84. The van der Waals surface area contributed by atoms with Crippen LogP contribution >= 0.6 is 0 Å². The first kappa shape index (κ1) is 26.3. The van der Waals surface area contributed by atoms with Crippen LogP contribution in [-0.4, -0.2) is 36.5 Å². The number of piperidine rings is 1. The zero-order valence-electron chi connectivity index (χ0n) is 22.2. The topological polar surface area (TPSA) is 77.8 Å². The Labute approximate surface area is 219 Å². The van der Waals surface area contributed by atoms with Crippen molar-refractivity contribution in [2.75, 3.05) is 35.2 Å². The highest BCUT2D eigenvalue weighted by Crippen LogP contribution is 2.29. The molecule has 3 amide bonds. The number of furan rings is 1. The monoisotopic (exact) mass is 502 g/mol. The first-order valence-corrected chi connectivity index (χ1v) is 13.3. The Balaban J connectivity index is 1.63. The van der Waals surface area contributed by atoms with Crippen LogP contribution in [-0.2, 0) is 6.54 Å². The summed E-state index contributed by atoms with van der Waals surface area (Å²) in [5, 5.41) is 5.91. The lowest BCUT2D eigenvalue weighted by Crippen LogP contribution is -2.37. The van der Waals surface area contributed by atoms with Crippen molar-refractivity contribution in [3.8, 4) is 0 Å². The van der Waals surface area contributed by atoms with Gasteiger partial charge in [-0.25, -0.2) is 4.79 Å². The summed E-state index contributed by atoms with van der Waals surface area (Å²) < 4.78 is 5.63. The van der Waals surface area contributed by atoms with Crippen molar-refractivity contribution < 1.29 is 14.0 Å². The molecular weight excluding hydrogens is 464 g/mol. The Morgan fingerprint density at radius 3 is 2.41 bits per heavy atom. The average molecular weight is 503 g/mol. The van der Waals surface area contributed by atoms with Gasteiger partial charge in [-0.15, -0.1) is 0 Å². The van der Waals surface area contributed by atoms with Crippen molar-refractivity contribution in [1.82, 2.24) is 4.90 Å². The highest BCUT2D eigenvalue weighted by molar-refractivity contribution is 6.04. The number of nitrogens with one attached hydrogen (secondary N) is 2. The Hall–Kier alpha value is -3.74. The van der Waals surface area contributed by atoms with Gasteiger partial charge in [0.15, 0.2) is 0 Å². The number of nitrogens with zero attached hydrogens (tertiary/aromatic N) is 2. The van der Waals surface area contributed by atoms with E-state index in [1.807, 2.05) is 67.3 Å². The summed E-state index contributed by atoms with van der Waals surface area (Å²) in [6.07, 6.45) is 6.90. The number of hydrogen-bond acceptors (Lipinski definition) is 4. The number of carbonyl (C=O) groups is 2. The second-order valence-corrected chi connectivity index (χ2v) is 9.79. The van der Waals surface area contributed by atoms with E-state index in [-0.39, 0.29) is 11.9 Å². The molecule has 0 bridgehead atoms. The van der Waals surface area contributed by atoms with Gasteiger partial charge < -0.3 is 24.9 Å². The maximum atomic E-state index is 13.8. The van der Waals surface area contributed by atoms with Gasteiger partial charge in [0.2, 0.25) is 0 Å². The minimum absolute atomic E-state index is 0.00875. The van der Waals surface area contributed by atoms with Gasteiger partial charge in [-0.2, -0.15) is 0 Å². The fourth-order valence-corrected chi connectivity index (χ4v) is 4.84. The summed E-state index contributed by atoms with van der Waals surface area (Å²) in [6, 6.07) is 15.1. The van der Waals surface area contributed by atoms with Gasteiger partial charge in [0, 0.05) is 31.0 Å². The standard InChI is InChI=1S/C30H38N4O3/c1-4-5-16-34(21-25-13-10-19-37-25)27-15-14-24(20-26(27)29(35)33-17-7-6-8-18-33)31-30(36)32-28-22(2)11-9-12-23(28)3/h9-15,19-20H,4-8,16-18,21H2,1-3H3,(H2,31,32,36). The van der Waals surface area contributed by atoms with Crippen LogP contribution in [0.25, 0.3) is 0 Å². The van der Waals surface area contributed by atoms with Crippen LogP contribution in [0.4, 0.5) is 21.9 Å². The molecule has 0 atom stereocenters. The number of carbonyl (C=O) groups excluding carboxylic acids is 2. The quantitative estimate of drug-likeness (QED) is 0.331. The van der Waals surface area contributed by atoms with Crippen LogP contribution in [0.5, 0.6) is 0 Å². The molecule has 1 aromatic heterocycles. The van der Waals surface area contributed by atoms with E-state index in [9.17, 15) is 9.59 Å². The van der Waals surface area contributed by atoms with E-state index in [1.165, 1.54) is 0 Å². The summed E-state index contributed by atoms with van der Waals surface area (Å²) in [6.45, 7) is 9.00. The van der Waals surface area contributed by atoms with Gasteiger partial charge in [0.05, 0.1) is 24.1 Å². The minimum atomic E-state index is -0.333. The number of aryl methyl sites for hydroxylation is 2. The molecule has 7 nitrogen and oxygen atoms in total. The fraction of sp³-hybridized carbons (Fsp3) is 0.400. The summed E-state index contributed by atoms with van der Waals surface area (Å²) in [7, 11) is 0. The van der Waals surface area contributed by atoms with Gasteiger partial charge in [0.25, 0.3) is 5.91 Å². The SMILES string of the molecule is CCCCN(Cc1ccco1)c1ccc(NC(=O)Nc2c(C)cccc2C)cc1C(=O)N1CCCCC1.